The molecule has 1 fully saturated rings. The van der Waals surface area contributed by atoms with E-state index in [0.717, 1.165) is 41.9 Å². The van der Waals surface area contributed by atoms with E-state index in [-0.39, 0.29) is 36.0 Å². The van der Waals surface area contributed by atoms with E-state index < -0.39 is 0 Å². The molecule has 0 radical (unpaired) electrons. The van der Waals surface area contributed by atoms with Crippen molar-refractivity contribution in [3.8, 4) is 5.75 Å². The SMILES string of the molecule is CN=C(NCc1ccc(C(=O)N(C)C)cc1)NCc1ccc(C)cc1OCC1CCCO1.I. The molecule has 2 aromatic carbocycles. The zero-order valence-electron chi connectivity index (χ0n) is 19.9. The maximum Gasteiger partial charge on any atom is 0.253 e. The summed E-state index contributed by atoms with van der Waals surface area (Å²) in [6.07, 6.45) is 2.35. The zero-order chi connectivity index (χ0) is 22.9. The molecule has 33 heavy (non-hydrogen) atoms. The number of aliphatic imine (C=N–C) groups is 1. The number of aryl methyl sites for hydroxylation is 1. The summed E-state index contributed by atoms with van der Waals surface area (Å²) >= 11 is 0. The van der Waals surface area contributed by atoms with Gasteiger partial charge >= 0.3 is 0 Å². The van der Waals surface area contributed by atoms with Crippen LogP contribution in [0.15, 0.2) is 47.5 Å². The Balaban J connectivity index is 0.00000385. The molecule has 2 aromatic rings. The van der Waals surface area contributed by atoms with Crippen molar-refractivity contribution in [2.45, 2.75) is 39.0 Å². The second-order valence-electron chi connectivity index (χ2n) is 8.23. The molecule has 0 saturated carbocycles. The van der Waals surface area contributed by atoms with Gasteiger partial charge in [-0.3, -0.25) is 9.79 Å². The minimum atomic E-state index is -0.00222. The molecule has 1 heterocycles. The number of hydrogen-bond acceptors (Lipinski definition) is 4. The molecule has 1 aliphatic rings. The lowest BCUT2D eigenvalue weighted by Crippen LogP contribution is -2.36. The molecule has 1 unspecified atom stereocenters. The number of guanidine groups is 1. The summed E-state index contributed by atoms with van der Waals surface area (Å²) in [4.78, 5) is 17.9. The topological polar surface area (TPSA) is 75.2 Å². The number of benzene rings is 2. The summed E-state index contributed by atoms with van der Waals surface area (Å²) in [6.45, 7) is 4.67. The third-order valence-corrected chi connectivity index (χ3v) is 5.41. The molecule has 1 atom stereocenters. The number of hydrogen-bond donors (Lipinski definition) is 2. The van der Waals surface area contributed by atoms with Crippen LogP contribution >= 0.6 is 24.0 Å². The van der Waals surface area contributed by atoms with Crippen LogP contribution in [0.2, 0.25) is 0 Å². The van der Waals surface area contributed by atoms with Gasteiger partial charge in [-0.2, -0.15) is 0 Å². The summed E-state index contributed by atoms with van der Waals surface area (Å²) in [5, 5.41) is 6.67. The number of nitrogens with zero attached hydrogens (tertiary/aromatic N) is 2. The van der Waals surface area contributed by atoms with Crippen molar-refractivity contribution >= 4 is 35.8 Å². The van der Waals surface area contributed by atoms with E-state index >= 15 is 0 Å². The van der Waals surface area contributed by atoms with Crippen molar-refractivity contribution in [2.24, 2.45) is 4.99 Å². The van der Waals surface area contributed by atoms with E-state index in [2.05, 4.69) is 40.7 Å². The molecule has 8 heteroatoms. The summed E-state index contributed by atoms with van der Waals surface area (Å²) in [6, 6.07) is 13.8. The largest absolute Gasteiger partial charge is 0.491 e. The molecular weight excluding hydrogens is 531 g/mol. The first-order valence-electron chi connectivity index (χ1n) is 11.1. The van der Waals surface area contributed by atoms with E-state index in [0.29, 0.717) is 31.2 Å². The Hall–Kier alpha value is -2.33. The van der Waals surface area contributed by atoms with Crippen LogP contribution in [0.25, 0.3) is 0 Å². The van der Waals surface area contributed by atoms with Gasteiger partial charge in [0.25, 0.3) is 5.91 Å². The molecule has 0 bridgehead atoms. The Bertz CT molecular complexity index is 926. The first kappa shape index (κ1) is 26.9. The van der Waals surface area contributed by atoms with Crippen molar-refractivity contribution in [1.29, 1.82) is 0 Å². The van der Waals surface area contributed by atoms with E-state index in [1.807, 2.05) is 24.3 Å². The Labute approximate surface area is 214 Å². The molecular formula is C25H35IN4O3. The molecule has 0 aromatic heterocycles. The fourth-order valence-electron chi connectivity index (χ4n) is 3.51. The van der Waals surface area contributed by atoms with Gasteiger partial charge in [-0.05, 0) is 49.1 Å². The minimum absolute atomic E-state index is 0. The summed E-state index contributed by atoms with van der Waals surface area (Å²) in [7, 11) is 5.25. The Morgan fingerprint density at radius 3 is 2.52 bits per heavy atom. The second kappa shape index (κ2) is 13.4. The first-order chi connectivity index (χ1) is 15.5. The Morgan fingerprint density at radius 1 is 1.15 bits per heavy atom. The van der Waals surface area contributed by atoms with Crippen LogP contribution in [-0.4, -0.2) is 57.2 Å². The van der Waals surface area contributed by atoms with Gasteiger partial charge in [-0.25, -0.2) is 0 Å². The van der Waals surface area contributed by atoms with E-state index in [1.165, 1.54) is 0 Å². The van der Waals surface area contributed by atoms with Gasteiger partial charge in [-0.15, -0.1) is 24.0 Å². The number of nitrogens with one attached hydrogen (secondary N) is 2. The number of rotatable bonds is 8. The smallest absolute Gasteiger partial charge is 0.253 e. The average Bonchev–Trinajstić information content (AvgIpc) is 3.32. The zero-order valence-corrected chi connectivity index (χ0v) is 22.2. The molecule has 0 aliphatic carbocycles. The van der Waals surface area contributed by atoms with Gasteiger partial charge < -0.3 is 25.0 Å². The van der Waals surface area contributed by atoms with Gasteiger partial charge in [0.15, 0.2) is 5.96 Å². The highest BCUT2D eigenvalue weighted by Gasteiger charge is 2.17. The van der Waals surface area contributed by atoms with Gasteiger partial charge in [-0.1, -0.05) is 24.3 Å². The molecule has 1 amide bonds. The van der Waals surface area contributed by atoms with Crippen molar-refractivity contribution in [3.63, 3.8) is 0 Å². The van der Waals surface area contributed by atoms with Crippen LogP contribution in [0.1, 0.15) is 39.9 Å². The number of amides is 1. The van der Waals surface area contributed by atoms with Crippen LogP contribution in [0, 0.1) is 6.92 Å². The van der Waals surface area contributed by atoms with E-state index in [9.17, 15) is 4.79 Å². The monoisotopic (exact) mass is 566 g/mol. The Kier molecular flexibility index (Phi) is 10.9. The van der Waals surface area contributed by atoms with E-state index in [4.69, 9.17) is 9.47 Å². The van der Waals surface area contributed by atoms with Crippen LogP contribution in [0.3, 0.4) is 0 Å². The predicted octanol–water partition coefficient (Wildman–Crippen LogP) is 3.74. The number of halogens is 1. The lowest BCUT2D eigenvalue weighted by atomic mass is 10.1. The third kappa shape index (κ3) is 8.19. The van der Waals surface area contributed by atoms with E-state index in [1.54, 1.807) is 26.0 Å². The second-order valence-corrected chi connectivity index (χ2v) is 8.23. The lowest BCUT2D eigenvalue weighted by molar-refractivity contribution is 0.0676. The van der Waals surface area contributed by atoms with Crippen LogP contribution in [-0.2, 0) is 17.8 Å². The highest BCUT2D eigenvalue weighted by molar-refractivity contribution is 14.0. The molecule has 180 valence electrons. The maximum absolute atomic E-state index is 12.0. The minimum Gasteiger partial charge on any atom is -0.491 e. The van der Waals surface area contributed by atoms with Gasteiger partial charge in [0.05, 0.1) is 6.10 Å². The van der Waals surface area contributed by atoms with Crippen molar-refractivity contribution < 1.29 is 14.3 Å². The standard InChI is InChI=1S/C25H34N4O3.HI/c1-18-7-10-21(23(14-18)32-17-22-6-5-13-31-22)16-28-25(26-2)27-15-19-8-11-20(12-9-19)24(30)29(3)4;/h7-12,14,22H,5-6,13,15-17H2,1-4H3,(H2,26,27,28);1H. The van der Waals surface area contributed by atoms with Crippen LogP contribution < -0.4 is 15.4 Å². The maximum atomic E-state index is 12.0. The van der Waals surface area contributed by atoms with Crippen molar-refractivity contribution in [1.82, 2.24) is 15.5 Å². The fraction of sp³-hybridized carbons (Fsp3) is 0.440. The van der Waals surface area contributed by atoms with Gasteiger partial charge in [0.2, 0.25) is 0 Å². The number of ether oxygens (including phenoxy) is 2. The van der Waals surface area contributed by atoms with Gasteiger partial charge in [0, 0.05) is 52.0 Å². The quantitative estimate of drug-likeness (QED) is 0.290. The molecule has 7 nitrogen and oxygen atoms in total. The van der Waals surface area contributed by atoms with Crippen LogP contribution in [0.4, 0.5) is 0 Å². The predicted molar refractivity (Wildman–Crippen MR) is 143 cm³/mol. The molecule has 1 aliphatic heterocycles. The van der Waals surface area contributed by atoms with Crippen molar-refractivity contribution in [3.05, 3.63) is 64.7 Å². The molecule has 0 spiro atoms. The Morgan fingerprint density at radius 2 is 1.88 bits per heavy atom. The fourth-order valence-corrected chi connectivity index (χ4v) is 3.51. The van der Waals surface area contributed by atoms with Crippen LogP contribution in [0.5, 0.6) is 5.75 Å². The average molecular weight is 566 g/mol. The molecule has 3 rings (SSSR count). The normalized spacial score (nSPS) is 15.5. The molecule has 2 N–H and O–H groups in total. The summed E-state index contributed by atoms with van der Waals surface area (Å²) < 4.78 is 11.8. The third-order valence-electron chi connectivity index (χ3n) is 5.41. The highest BCUT2D eigenvalue weighted by atomic mass is 127. The van der Waals surface area contributed by atoms with Crippen molar-refractivity contribution in [2.75, 3.05) is 34.4 Å². The lowest BCUT2D eigenvalue weighted by Gasteiger charge is -2.17. The highest BCUT2D eigenvalue weighted by Crippen LogP contribution is 2.22. The van der Waals surface area contributed by atoms with Gasteiger partial charge in [0.1, 0.15) is 12.4 Å². The molecule has 1 saturated heterocycles. The first-order valence-corrected chi connectivity index (χ1v) is 11.1. The summed E-state index contributed by atoms with van der Waals surface area (Å²) in [5.41, 5.74) is 3.98. The number of carbonyl (C=O) groups is 1. The number of carbonyl (C=O) groups excluding carboxylic acids is 1. The summed E-state index contributed by atoms with van der Waals surface area (Å²) in [5.74, 6) is 1.58.